The summed E-state index contributed by atoms with van der Waals surface area (Å²) in [5.41, 5.74) is 7.54. The number of hydrogen-bond donors (Lipinski definition) is 2. The van der Waals surface area contributed by atoms with E-state index in [-0.39, 0.29) is 17.7 Å². The predicted octanol–water partition coefficient (Wildman–Crippen LogP) is 2.05. The van der Waals surface area contributed by atoms with E-state index in [9.17, 15) is 4.79 Å². The van der Waals surface area contributed by atoms with Crippen molar-refractivity contribution in [3.63, 3.8) is 0 Å². The van der Waals surface area contributed by atoms with E-state index in [4.69, 9.17) is 5.73 Å². The van der Waals surface area contributed by atoms with Crippen molar-refractivity contribution in [3.05, 3.63) is 56.5 Å². The highest BCUT2D eigenvalue weighted by molar-refractivity contribution is 7.10. The van der Waals surface area contributed by atoms with E-state index in [0.717, 1.165) is 16.0 Å². The summed E-state index contributed by atoms with van der Waals surface area (Å²) in [4.78, 5) is 21.9. The van der Waals surface area contributed by atoms with Crippen LogP contribution in [0.25, 0.3) is 10.9 Å². The summed E-state index contributed by atoms with van der Waals surface area (Å²) in [5, 5.41) is 5.48. The van der Waals surface area contributed by atoms with E-state index in [1.165, 1.54) is 0 Å². The molecule has 0 saturated carbocycles. The van der Waals surface area contributed by atoms with E-state index in [2.05, 4.69) is 15.3 Å². The molecule has 7 heteroatoms. The zero-order valence-corrected chi connectivity index (χ0v) is 12.6. The van der Waals surface area contributed by atoms with Gasteiger partial charge in [0.05, 0.1) is 15.8 Å². The van der Waals surface area contributed by atoms with Gasteiger partial charge in [-0.1, -0.05) is 12.1 Å². The first-order chi connectivity index (χ1) is 10.6. The smallest absolute Gasteiger partial charge is 0.282 e. The quantitative estimate of drug-likeness (QED) is 0.720. The van der Waals surface area contributed by atoms with Crippen LogP contribution in [0.3, 0.4) is 0 Å². The van der Waals surface area contributed by atoms with Gasteiger partial charge in [-0.15, -0.1) is 11.3 Å². The van der Waals surface area contributed by atoms with E-state index in [0.29, 0.717) is 11.3 Å². The number of hydrogen-bond acceptors (Lipinski definition) is 6. The van der Waals surface area contributed by atoms with Crippen molar-refractivity contribution in [1.29, 1.82) is 0 Å². The maximum Gasteiger partial charge on any atom is 0.282 e. The van der Waals surface area contributed by atoms with Gasteiger partial charge in [0.15, 0.2) is 12.1 Å². The molecule has 0 spiro atoms. The van der Waals surface area contributed by atoms with Crippen LogP contribution in [0.15, 0.2) is 45.5 Å². The molecule has 1 atom stereocenters. The lowest BCUT2D eigenvalue weighted by atomic mass is 10.2. The van der Waals surface area contributed by atoms with Crippen molar-refractivity contribution >= 4 is 34.1 Å². The second-order valence-electron chi connectivity index (χ2n) is 5.11. The van der Waals surface area contributed by atoms with E-state index >= 15 is 0 Å². The first-order valence-corrected chi connectivity index (χ1v) is 7.68. The average Bonchev–Trinajstić information content (AvgIpc) is 2.92. The van der Waals surface area contributed by atoms with Gasteiger partial charge in [0.1, 0.15) is 0 Å². The van der Waals surface area contributed by atoms with Gasteiger partial charge in [0.2, 0.25) is 5.95 Å². The Balaban J connectivity index is 2.09. The van der Waals surface area contributed by atoms with Crippen molar-refractivity contribution < 1.29 is 0 Å². The summed E-state index contributed by atoms with van der Waals surface area (Å²) in [6.07, 6.45) is -0.311. The zero-order valence-electron chi connectivity index (χ0n) is 11.8. The molecule has 4 rings (SSSR count). The van der Waals surface area contributed by atoms with Crippen molar-refractivity contribution in [2.75, 3.05) is 5.32 Å². The number of anilines is 1. The zero-order chi connectivity index (χ0) is 15.3. The molecule has 0 saturated heterocycles. The highest BCUT2D eigenvalue weighted by Gasteiger charge is 2.26. The maximum absolute atomic E-state index is 12.2. The summed E-state index contributed by atoms with van der Waals surface area (Å²) in [7, 11) is 0. The molecule has 0 unspecified atom stereocenters. The number of para-hydroxylation sites is 1. The molecule has 0 amide bonds. The lowest BCUT2D eigenvalue weighted by Crippen LogP contribution is -2.34. The number of nitrogens with one attached hydrogen (secondary N) is 1. The predicted molar refractivity (Wildman–Crippen MR) is 88.4 cm³/mol. The molecule has 0 fully saturated rings. The summed E-state index contributed by atoms with van der Waals surface area (Å²) in [6.45, 7) is 2.04. The number of aryl methyl sites for hydroxylation is 1. The molecule has 1 aliphatic rings. The van der Waals surface area contributed by atoms with Crippen LogP contribution in [0, 0.1) is 6.92 Å². The number of aromatic nitrogens is 2. The van der Waals surface area contributed by atoms with Gasteiger partial charge in [0.25, 0.3) is 5.56 Å². The summed E-state index contributed by atoms with van der Waals surface area (Å²) in [6, 6.07) is 9.45. The Labute approximate surface area is 129 Å². The number of fused-ring (bicyclic) bond motifs is 3. The fourth-order valence-electron chi connectivity index (χ4n) is 2.69. The number of aliphatic imine (C=N–C) groups is 1. The van der Waals surface area contributed by atoms with Gasteiger partial charge in [0, 0.05) is 0 Å². The maximum atomic E-state index is 12.2. The van der Waals surface area contributed by atoms with Crippen LogP contribution in [0.4, 0.5) is 5.95 Å². The van der Waals surface area contributed by atoms with Gasteiger partial charge < -0.3 is 5.73 Å². The third-order valence-electron chi connectivity index (χ3n) is 3.71. The molecule has 2 aromatic heterocycles. The molecule has 1 aromatic carbocycles. The largest absolute Gasteiger partial charge is 0.370 e. The molecular weight excluding hydrogens is 298 g/mol. The van der Waals surface area contributed by atoms with Gasteiger partial charge >= 0.3 is 0 Å². The van der Waals surface area contributed by atoms with Crippen LogP contribution < -0.4 is 16.6 Å². The molecule has 6 nitrogen and oxygen atoms in total. The Morgan fingerprint density at radius 3 is 2.91 bits per heavy atom. The van der Waals surface area contributed by atoms with Crippen molar-refractivity contribution in [3.8, 4) is 0 Å². The van der Waals surface area contributed by atoms with Crippen LogP contribution in [-0.2, 0) is 0 Å². The minimum absolute atomic E-state index is 0.264. The standard InChI is InChI=1S/C15H13N5OS/c1-8-6-7-22-11(8)12-17-14(16)19-15-18-13(21)9-4-2-3-5-10(9)20(12)15/h2-7,12H,1H3,(H3,16,17,18,19,21)/t12-/m0/s1. The number of benzene rings is 1. The topological polar surface area (TPSA) is 85.3 Å². The first-order valence-electron chi connectivity index (χ1n) is 6.81. The second kappa shape index (κ2) is 4.67. The second-order valence-corrected chi connectivity index (χ2v) is 6.06. The average molecular weight is 311 g/mol. The van der Waals surface area contributed by atoms with E-state index < -0.39 is 0 Å². The molecular formula is C15H13N5OS. The summed E-state index contributed by atoms with van der Waals surface area (Å²) >= 11 is 1.62. The normalized spacial score (nSPS) is 17.0. The Bertz CT molecular complexity index is 971. The van der Waals surface area contributed by atoms with Crippen molar-refractivity contribution in [1.82, 2.24) is 9.55 Å². The highest BCUT2D eigenvalue weighted by Crippen LogP contribution is 2.34. The number of thiophene rings is 1. The lowest BCUT2D eigenvalue weighted by molar-refractivity contribution is 0.623. The summed E-state index contributed by atoms with van der Waals surface area (Å²) < 4.78 is 1.92. The molecule has 3 aromatic rings. The Morgan fingerprint density at radius 1 is 1.32 bits per heavy atom. The molecule has 110 valence electrons. The monoisotopic (exact) mass is 311 g/mol. The molecule has 0 bridgehead atoms. The highest BCUT2D eigenvalue weighted by atomic mass is 32.1. The Kier molecular flexibility index (Phi) is 2.77. The number of nitrogens with zero attached hydrogens (tertiary/aromatic N) is 3. The van der Waals surface area contributed by atoms with Gasteiger partial charge in [-0.25, -0.2) is 4.99 Å². The van der Waals surface area contributed by atoms with Gasteiger partial charge in [-0.2, -0.15) is 4.98 Å². The van der Waals surface area contributed by atoms with Gasteiger partial charge in [-0.3, -0.25) is 14.7 Å². The third kappa shape index (κ3) is 1.82. The van der Waals surface area contributed by atoms with Crippen molar-refractivity contribution in [2.45, 2.75) is 13.1 Å². The van der Waals surface area contributed by atoms with Crippen LogP contribution >= 0.6 is 11.3 Å². The number of nitrogens with two attached hydrogens (primary N) is 1. The SMILES string of the molecule is Cc1ccsc1[C@H]1N=C(N)Nc2nc(=O)c3ccccc3n21. The first kappa shape index (κ1) is 13.0. The van der Waals surface area contributed by atoms with E-state index in [1.807, 2.05) is 41.1 Å². The molecule has 3 N–H and O–H groups in total. The Morgan fingerprint density at radius 2 is 2.14 bits per heavy atom. The summed E-state index contributed by atoms with van der Waals surface area (Å²) in [5.74, 6) is 0.689. The van der Waals surface area contributed by atoms with Gasteiger partial charge in [-0.05, 0) is 36.1 Å². The Hall–Kier alpha value is -2.67. The van der Waals surface area contributed by atoms with E-state index in [1.54, 1.807) is 17.4 Å². The number of guanidine groups is 1. The number of rotatable bonds is 1. The van der Waals surface area contributed by atoms with Crippen LogP contribution in [0.1, 0.15) is 16.6 Å². The van der Waals surface area contributed by atoms with Crippen molar-refractivity contribution in [2.24, 2.45) is 10.7 Å². The third-order valence-corrected chi connectivity index (χ3v) is 4.77. The lowest BCUT2D eigenvalue weighted by Gasteiger charge is -2.26. The van der Waals surface area contributed by atoms with Crippen LogP contribution in [-0.4, -0.2) is 15.5 Å². The minimum Gasteiger partial charge on any atom is -0.370 e. The molecule has 22 heavy (non-hydrogen) atoms. The fraction of sp³-hybridized carbons (Fsp3) is 0.133. The molecule has 0 aliphatic carbocycles. The fourth-order valence-corrected chi connectivity index (χ4v) is 3.64. The molecule has 0 radical (unpaired) electrons. The van der Waals surface area contributed by atoms with Crippen LogP contribution in [0.2, 0.25) is 0 Å². The minimum atomic E-state index is -0.311. The molecule has 3 heterocycles. The van der Waals surface area contributed by atoms with Crippen LogP contribution in [0.5, 0.6) is 0 Å². The molecule has 1 aliphatic heterocycles.